The monoisotopic (exact) mass is 371 g/mol. The van der Waals surface area contributed by atoms with Crippen molar-refractivity contribution in [1.82, 2.24) is 15.5 Å². The van der Waals surface area contributed by atoms with Gasteiger partial charge >= 0.3 is 0 Å². The van der Waals surface area contributed by atoms with Gasteiger partial charge in [-0.05, 0) is 75.6 Å². The molecule has 2 fully saturated rings. The summed E-state index contributed by atoms with van der Waals surface area (Å²) in [6, 6.07) is 4.20. The van der Waals surface area contributed by atoms with Crippen LogP contribution >= 0.6 is 23.7 Å². The summed E-state index contributed by atoms with van der Waals surface area (Å²) in [6.07, 6.45) is 5.62. The van der Waals surface area contributed by atoms with Gasteiger partial charge in [0.05, 0.1) is 0 Å². The lowest BCUT2D eigenvalue weighted by Gasteiger charge is -2.35. The van der Waals surface area contributed by atoms with Gasteiger partial charge in [0.2, 0.25) is 5.91 Å². The molecule has 2 aliphatic rings. The molecule has 1 aromatic heterocycles. The lowest BCUT2D eigenvalue weighted by atomic mass is 9.93. The van der Waals surface area contributed by atoms with Gasteiger partial charge in [0.15, 0.2) is 0 Å². The van der Waals surface area contributed by atoms with Crippen molar-refractivity contribution >= 4 is 29.7 Å². The van der Waals surface area contributed by atoms with E-state index in [0.717, 1.165) is 44.8 Å². The van der Waals surface area contributed by atoms with E-state index < -0.39 is 0 Å². The fourth-order valence-corrected chi connectivity index (χ4v) is 4.42. The summed E-state index contributed by atoms with van der Waals surface area (Å²) in [5.41, 5.74) is 0. The Hall–Kier alpha value is -0.620. The van der Waals surface area contributed by atoms with Gasteiger partial charge in [-0.1, -0.05) is 6.07 Å². The number of carbonyl (C=O) groups excluding carboxylic acids is 1. The predicted octanol–water partition coefficient (Wildman–Crippen LogP) is 2.54. The molecule has 1 aromatic rings. The van der Waals surface area contributed by atoms with E-state index in [9.17, 15) is 4.79 Å². The smallest absolute Gasteiger partial charge is 0.223 e. The summed E-state index contributed by atoms with van der Waals surface area (Å²) in [5.74, 6) is 1.35. The number of hydrogen-bond donors (Lipinski definition) is 2. The highest BCUT2D eigenvalue weighted by molar-refractivity contribution is 7.09. The van der Waals surface area contributed by atoms with Crippen LogP contribution in [-0.2, 0) is 11.2 Å². The number of thiophene rings is 1. The molecule has 0 aliphatic carbocycles. The number of hydrogen-bond acceptors (Lipinski definition) is 4. The Labute approximate surface area is 155 Å². The Kier molecular flexibility index (Phi) is 8.53. The van der Waals surface area contributed by atoms with Crippen LogP contribution in [0.2, 0.25) is 0 Å². The number of nitrogens with zero attached hydrogens (tertiary/aromatic N) is 1. The Morgan fingerprint density at radius 3 is 2.67 bits per heavy atom. The molecule has 0 atom stereocenters. The van der Waals surface area contributed by atoms with E-state index in [2.05, 4.69) is 33.0 Å². The van der Waals surface area contributed by atoms with Gasteiger partial charge in [0.25, 0.3) is 0 Å². The van der Waals surface area contributed by atoms with Crippen LogP contribution in [0.5, 0.6) is 0 Å². The molecule has 0 saturated carbocycles. The molecule has 3 rings (SSSR count). The number of carbonyl (C=O) groups is 1. The van der Waals surface area contributed by atoms with Crippen molar-refractivity contribution in [2.45, 2.75) is 32.1 Å². The number of likely N-dealkylation sites (tertiary alicyclic amines) is 1. The fraction of sp³-hybridized carbons (Fsp3) is 0.722. The SMILES string of the molecule is Cl.O=C(NCCc1cccs1)C1CCN(CC2CCNCC2)CC1. The molecular weight excluding hydrogens is 342 g/mol. The minimum atomic E-state index is 0. The maximum absolute atomic E-state index is 12.3. The van der Waals surface area contributed by atoms with Gasteiger partial charge in [-0.25, -0.2) is 0 Å². The third-order valence-electron chi connectivity index (χ3n) is 5.18. The first-order valence-electron chi connectivity index (χ1n) is 9.04. The second-order valence-corrected chi connectivity index (χ2v) is 7.92. The zero-order chi connectivity index (χ0) is 15.9. The molecule has 136 valence electrons. The zero-order valence-corrected chi connectivity index (χ0v) is 16.0. The third-order valence-corrected chi connectivity index (χ3v) is 6.12. The molecule has 6 heteroatoms. The van der Waals surface area contributed by atoms with Gasteiger partial charge in [-0.15, -0.1) is 23.7 Å². The molecule has 2 saturated heterocycles. The molecule has 24 heavy (non-hydrogen) atoms. The van der Waals surface area contributed by atoms with Gasteiger partial charge in [-0.2, -0.15) is 0 Å². The van der Waals surface area contributed by atoms with Crippen LogP contribution in [0.3, 0.4) is 0 Å². The quantitative estimate of drug-likeness (QED) is 0.807. The van der Waals surface area contributed by atoms with Crippen molar-refractivity contribution in [3.05, 3.63) is 22.4 Å². The minimum absolute atomic E-state index is 0. The molecule has 0 radical (unpaired) electrons. The predicted molar refractivity (Wildman–Crippen MR) is 103 cm³/mol. The van der Waals surface area contributed by atoms with E-state index in [4.69, 9.17) is 0 Å². The second kappa shape index (κ2) is 10.4. The third kappa shape index (κ3) is 6.03. The fourth-order valence-electron chi connectivity index (χ4n) is 3.72. The second-order valence-electron chi connectivity index (χ2n) is 6.89. The molecule has 2 aliphatic heterocycles. The zero-order valence-electron chi connectivity index (χ0n) is 14.3. The molecule has 0 aromatic carbocycles. The minimum Gasteiger partial charge on any atom is -0.355 e. The van der Waals surface area contributed by atoms with Crippen LogP contribution in [-0.4, -0.2) is 50.1 Å². The van der Waals surface area contributed by atoms with Crippen LogP contribution in [0.25, 0.3) is 0 Å². The number of amides is 1. The topological polar surface area (TPSA) is 44.4 Å². The summed E-state index contributed by atoms with van der Waals surface area (Å²) < 4.78 is 0. The highest BCUT2D eigenvalue weighted by Gasteiger charge is 2.26. The summed E-state index contributed by atoms with van der Waals surface area (Å²) >= 11 is 1.76. The average molecular weight is 372 g/mol. The van der Waals surface area contributed by atoms with E-state index in [1.807, 2.05) is 0 Å². The highest BCUT2D eigenvalue weighted by atomic mass is 35.5. The summed E-state index contributed by atoms with van der Waals surface area (Å²) in [7, 11) is 0. The van der Waals surface area contributed by atoms with Gasteiger partial charge in [0.1, 0.15) is 0 Å². The van der Waals surface area contributed by atoms with Crippen LogP contribution in [0, 0.1) is 11.8 Å². The lowest BCUT2D eigenvalue weighted by molar-refractivity contribution is -0.126. The number of piperidine rings is 2. The summed E-state index contributed by atoms with van der Waals surface area (Å²) in [5, 5.41) is 8.65. The first kappa shape index (κ1) is 19.7. The number of halogens is 1. The van der Waals surface area contributed by atoms with Crippen molar-refractivity contribution in [3.8, 4) is 0 Å². The maximum Gasteiger partial charge on any atom is 0.223 e. The number of nitrogens with one attached hydrogen (secondary N) is 2. The molecular formula is C18H30ClN3OS. The first-order chi connectivity index (χ1) is 11.3. The van der Waals surface area contributed by atoms with Gasteiger partial charge < -0.3 is 15.5 Å². The molecule has 3 heterocycles. The van der Waals surface area contributed by atoms with E-state index in [0.29, 0.717) is 0 Å². The molecule has 1 amide bonds. The molecule has 0 unspecified atom stereocenters. The van der Waals surface area contributed by atoms with Gasteiger partial charge in [0, 0.05) is 23.9 Å². The molecule has 0 spiro atoms. The van der Waals surface area contributed by atoms with E-state index in [1.165, 1.54) is 37.4 Å². The Morgan fingerprint density at radius 1 is 1.25 bits per heavy atom. The van der Waals surface area contributed by atoms with Crippen molar-refractivity contribution in [3.63, 3.8) is 0 Å². The molecule has 0 bridgehead atoms. The maximum atomic E-state index is 12.3. The van der Waals surface area contributed by atoms with Crippen LogP contribution in [0.4, 0.5) is 0 Å². The normalized spacial score (nSPS) is 20.5. The molecule has 4 nitrogen and oxygen atoms in total. The Balaban J connectivity index is 0.00000208. The van der Waals surface area contributed by atoms with E-state index >= 15 is 0 Å². The van der Waals surface area contributed by atoms with Crippen molar-refractivity contribution < 1.29 is 4.79 Å². The highest BCUT2D eigenvalue weighted by Crippen LogP contribution is 2.21. The largest absolute Gasteiger partial charge is 0.355 e. The summed E-state index contributed by atoms with van der Waals surface area (Å²) in [6.45, 7) is 6.53. The van der Waals surface area contributed by atoms with Crippen molar-refractivity contribution in [1.29, 1.82) is 0 Å². The van der Waals surface area contributed by atoms with Crippen LogP contribution < -0.4 is 10.6 Å². The lowest BCUT2D eigenvalue weighted by Crippen LogP contribution is -2.43. The van der Waals surface area contributed by atoms with Crippen molar-refractivity contribution in [2.75, 3.05) is 39.3 Å². The van der Waals surface area contributed by atoms with Crippen LogP contribution in [0.1, 0.15) is 30.6 Å². The summed E-state index contributed by atoms with van der Waals surface area (Å²) in [4.78, 5) is 16.2. The first-order valence-corrected chi connectivity index (χ1v) is 9.92. The van der Waals surface area contributed by atoms with Crippen LogP contribution in [0.15, 0.2) is 17.5 Å². The van der Waals surface area contributed by atoms with Gasteiger partial charge in [-0.3, -0.25) is 4.79 Å². The van der Waals surface area contributed by atoms with E-state index in [-0.39, 0.29) is 24.2 Å². The Morgan fingerprint density at radius 2 is 2.00 bits per heavy atom. The Bertz CT molecular complexity index is 469. The van der Waals surface area contributed by atoms with Crippen molar-refractivity contribution in [2.24, 2.45) is 11.8 Å². The number of rotatable bonds is 6. The average Bonchev–Trinajstić information content (AvgIpc) is 3.10. The molecule has 2 N–H and O–H groups in total. The van der Waals surface area contributed by atoms with E-state index in [1.54, 1.807) is 11.3 Å². The standard InChI is InChI=1S/C18H29N3OS.ClH/c22-18(20-10-5-17-2-1-13-23-17)16-6-11-21(12-7-16)14-15-3-8-19-9-4-15;/h1-2,13,15-16,19H,3-12,14H2,(H,20,22);1H.